The molecule has 90 valence electrons. The highest BCUT2D eigenvalue weighted by atomic mass is 16.3. The van der Waals surface area contributed by atoms with Gasteiger partial charge in [0, 0.05) is 18.6 Å². The van der Waals surface area contributed by atoms with Crippen molar-refractivity contribution in [1.82, 2.24) is 5.32 Å². The van der Waals surface area contributed by atoms with E-state index in [-0.39, 0.29) is 23.8 Å². The van der Waals surface area contributed by atoms with E-state index >= 15 is 0 Å². The molecule has 4 nitrogen and oxygen atoms in total. The zero-order valence-corrected chi connectivity index (χ0v) is 10.2. The molecule has 0 saturated heterocycles. The standard InChI is InChI=1S/C11H24N2O2/c1-5-8(2)9(12)10(15)13-6-11(3,4)7-14/h8-9,14H,5-7,12H2,1-4H3,(H,13,15). The minimum Gasteiger partial charge on any atom is -0.396 e. The second-order valence-electron chi connectivity index (χ2n) is 4.95. The maximum absolute atomic E-state index is 11.6. The summed E-state index contributed by atoms with van der Waals surface area (Å²) in [5.74, 6) is 0.0492. The molecular weight excluding hydrogens is 192 g/mol. The second kappa shape index (κ2) is 6.08. The fraction of sp³-hybridized carbons (Fsp3) is 0.909. The first-order valence-corrected chi connectivity index (χ1v) is 5.48. The van der Waals surface area contributed by atoms with Crippen molar-refractivity contribution in [3.8, 4) is 0 Å². The van der Waals surface area contributed by atoms with Crippen LogP contribution in [0.4, 0.5) is 0 Å². The lowest BCUT2D eigenvalue weighted by molar-refractivity contribution is -0.123. The Morgan fingerprint density at radius 1 is 1.53 bits per heavy atom. The van der Waals surface area contributed by atoms with Gasteiger partial charge in [-0.1, -0.05) is 34.1 Å². The number of nitrogens with one attached hydrogen (secondary N) is 1. The van der Waals surface area contributed by atoms with Crippen molar-refractivity contribution in [3.63, 3.8) is 0 Å². The van der Waals surface area contributed by atoms with E-state index in [0.29, 0.717) is 6.54 Å². The minimum absolute atomic E-state index is 0.0475. The molecule has 0 spiro atoms. The van der Waals surface area contributed by atoms with Gasteiger partial charge in [-0.2, -0.15) is 0 Å². The van der Waals surface area contributed by atoms with Crippen LogP contribution >= 0.6 is 0 Å². The maximum atomic E-state index is 11.6. The molecule has 4 N–H and O–H groups in total. The van der Waals surface area contributed by atoms with Gasteiger partial charge in [0.2, 0.25) is 5.91 Å². The van der Waals surface area contributed by atoms with E-state index in [2.05, 4.69) is 5.32 Å². The Morgan fingerprint density at radius 3 is 2.47 bits per heavy atom. The number of aliphatic hydroxyl groups is 1. The van der Waals surface area contributed by atoms with Crippen LogP contribution in [0.3, 0.4) is 0 Å². The Balaban J connectivity index is 4.04. The van der Waals surface area contributed by atoms with Gasteiger partial charge in [0.05, 0.1) is 6.04 Å². The van der Waals surface area contributed by atoms with Crippen LogP contribution in [-0.4, -0.2) is 30.2 Å². The Labute approximate surface area is 92.2 Å². The molecule has 0 aliphatic carbocycles. The summed E-state index contributed by atoms with van der Waals surface area (Å²) in [5.41, 5.74) is 5.48. The van der Waals surface area contributed by atoms with Crippen molar-refractivity contribution >= 4 is 5.91 Å². The minimum atomic E-state index is -0.454. The monoisotopic (exact) mass is 216 g/mol. The molecule has 4 heteroatoms. The molecule has 0 fully saturated rings. The average Bonchev–Trinajstić information content (AvgIpc) is 2.23. The Kier molecular flexibility index (Phi) is 5.83. The molecule has 2 unspecified atom stereocenters. The van der Waals surface area contributed by atoms with Crippen molar-refractivity contribution in [2.24, 2.45) is 17.1 Å². The largest absolute Gasteiger partial charge is 0.396 e. The van der Waals surface area contributed by atoms with Gasteiger partial charge in [0.25, 0.3) is 0 Å². The van der Waals surface area contributed by atoms with Gasteiger partial charge in [-0.15, -0.1) is 0 Å². The van der Waals surface area contributed by atoms with Crippen LogP contribution in [0.15, 0.2) is 0 Å². The van der Waals surface area contributed by atoms with E-state index in [1.807, 2.05) is 27.7 Å². The first-order valence-electron chi connectivity index (χ1n) is 5.48. The smallest absolute Gasteiger partial charge is 0.237 e. The fourth-order valence-electron chi connectivity index (χ4n) is 1.01. The summed E-state index contributed by atoms with van der Waals surface area (Å²) < 4.78 is 0. The third-order valence-electron chi connectivity index (χ3n) is 2.73. The Morgan fingerprint density at radius 2 is 2.07 bits per heavy atom. The number of carbonyl (C=O) groups is 1. The second-order valence-corrected chi connectivity index (χ2v) is 4.95. The summed E-state index contributed by atoms with van der Waals surface area (Å²) in [6.45, 7) is 8.25. The van der Waals surface area contributed by atoms with E-state index in [4.69, 9.17) is 10.8 Å². The molecule has 0 heterocycles. The zero-order chi connectivity index (χ0) is 12.1. The summed E-state index contributed by atoms with van der Waals surface area (Å²) in [6, 6.07) is -0.454. The predicted molar refractivity (Wildman–Crippen MR) is 61.3 cm³/mol. The normalized spacial score (nSPS) is 15.9. The van der Waals surface area contributed by atoms with E-state index in [9.17, 15) is 4.79 Å². The molecule has 0 aromatic carbocycles. The maximum Gasteiger partial charge on any atom is 0.237 e. The lowest BCUT2D eigenvalue weighted by atomic mass is 9.94. The van der Waals surface area contributed by atoms with Crippen molar-refractivity contribution < 1.29 is 9.90 Å². The molecule has 0 radical (unpaired) electrons. The van der Waals surface area contributed by atoms with Crippen molar-refractivity contribution in [2.45, 2.75) is 40.2 Å². The van der Waals surface area contributed by atoms with Crippen LogP contribution in [0.1, 0.15) is 34.1 Å². The van der Waals surface area contributed by atoms with Crippen LogP contribution in [-0.2, 0) is 4.79 Å². The molecule has 1 amide bonds. The van der Waals surface area contributed by atoms with E-state index in [1.165, 1.54) is 0 Å². The van der Waals surface area contributed by atoms with Crippen LogP contribution in [0.25, 0.3) is 0 Å². The number of aliphatic hydroxyl groups excluding tert-OH is 1. The third kappa shape index (κ3) is 5.14. The summed E-state index contributed by atoms with van der Waals surface area (Å²) >= 11 is 0. The Bertz CT molecular complexity index is 205. The summed E-state index contributed by atoms with van der Waals surface area (Å²) in [5, 5.41) is 11.8. The Hall–Kier alpha value is -0.610. The van der Waals surface area contributed by atoms with Gasteiger partial charge in [-0.3, -0.25) is 4.79 Å². The summed E-state index contributed by atoms with van der Waals surface area (Å²) in [6.07, 6.45) is 0.887. The van der Waals surface area contributed by atoms with Gasteiger partial charge in [-0.05, 0) is 5.92 Å². The molecule has 0 aliphatic heterocycles. The molecule has 0 bridgehead atoms. The van der Waals surface area contributed by atoms with Gasteiger partial charge >= 0.3 is 0 Å². The molecular formula is C11H24N2O2. The SMILES string of the molecule is CCC(C)C(N)C(=O)NCC(C)(C)CO. The van der Waals surface area contributed by atoms with E-state index < -0.39 is 6.04 Å². The third-order valence-corrected chi connectivity index (χ3v) is 2.73. The quantitative estimate of drug-likeness (QED) is 0.605. The summed E-state index contributed by atoms with van der Waals surface area (Å²) in [7, 11) is 0. The van der Waals surface area contributed by atoms with Gasteiger partial charge < -0.3 is 16.2 Å². The van der Waals surface area contributed by atoms with Crippen molar-refractivity contribution in [3.05, 3.63) is 0 Å². The number of hydrogen-bond acceptors (Lipinski definition) is 3. The number of hydrogen-bond donors (Lipinski definition) is 3. The molecule has 2 atom stereocenters. The van der Waals surface area contributed by atoms with Gasteiger partial charge in [0.1, 0.15) is 0 Å². The highest BCUT2D eigenvalue weighted by Gasteiger charge is 2.22. The molecule has 0 aliphatic rings. The van der Waals surface area contributed by atoms with Gasteiger partial charge in [-0.25, -0.2) is 0 Å². The molecule has 0 aromatic heterocycles. The fourth-order valence-corrected chi connectivity index (χ4v) is 1.01. The van der Waals surface area contributed by atoms with Gasteiger partial charge in [0.15, 0.2) is 0 Å². The molecule has 0 saturated carbocycles. The summed E-state index contributed by atoms with van der Waals surface area (Å²) in [4.78, 5) is 11.6. The van der Waals surface area contributed by atoms with Crippen LogP contribution in [0.5, 0.6) is 0 Å². The number of carbonyl (C=O) groups excluding carboxylic acids is 1. The van der Waals surface area contributed by atoms with Crippen LogP contribution < -0.4 is 11.1 Å². The molecule has 0 rings (SSSR count). The first kappa shape index (κ1) is 14.4. The molecule has 15 heavy (non-hydrogen) atoms. The topological polar surface area (TPSA) is 75.4 Å². The highest BCUT2D eigenvalue weighted by Crippen LogP contribution is 2.12. The molecule has 0 aromatic rings. The van der Waals surface area contributed by atoms with Crippen LogP contribution in [0.2, 0.25) is 0 Å². The highest BCUT2D eigenvalue weighted by molar-refractivity contribution is 5.81. The number of nitrogens with two attached hydrogens (primary N) is 1. The van der Waals surface area contributed by atoms with E-state index in [0.717, 1.165) is 6.42 Å². The van der Waals surface area contributed by atoms with E-state index in [1.54, 1.807) is 0 Å². The first-order chi connectivity index (χ1) is 6.84. The number of rotatable bonds is 6. The average molecular weight is 216 g/mol. The lowest BCUT2D eigenvalue weighted by Crippen LogP contribution is -2.47. The predicted octanol–water partition coefficient (Wildman–Crippen LogP) is 0.495. The van der Waals surface area contributed by atoms with Crippen LogP contribution in [0, 0.1) is 11.3 Å². The number of amides is 1. The zero-order valence-electron chi connectivity index (χ0n) is 10.2. The van der Waals surface area contributed by atoms with Crippen molar-refractivity contribution in [2.75, 3.05) is 13.2 Å². The lowest BCUT2D eigenvalue weighted by Gasteiger charge is -2.24. The van der Waals surface area contributed by atoms with Crippen molar-refractivity contribution in [1.29, 1.82) is 0 Å².